The number of aromatic nitrogens is 2. The van der Waals surface area contributed by atoms with Gasteiger partial charge in [0.05, 0.1) is 12.1 Å². The first-order valence-corrected chi connectivity index (χ1v) is 6.50. The van der Waals surface area contributed by atoms with Gasteiger partial charge in [-0.2, -0.15) is 5.48 Å². The quantitative estimate of drug-likeness (QED) is 0.476. The summed E-state index contributed by atoms with van der Waals surface area (Å²) in [5, 5.41) is 16.1. The van der Waals surface area contributed by atoms with Gasteiger partial charge in [-0.1, -0.05) is 30.8 Å². The lowest BCUT2D eigenvalue weighted by atomic mass is 10.1. The number of nitrogens with zero attached hydrogens (tertiary/aromatic N) is 1. The molecule has 0 atom stereocenters. The first kappa shape index (κ1) is 15.9. The van der Waals surface area contributed by atoms with Crippen LogP contribution in [0.4, 0.5) is 5.82 Å². The molecule has 0 radical (unpaired) electrons. The molecule has 20 heavy (non-hydrogen) atoms. The molecule has 0 spiro atoms. The van der Waals surface area contributed by atoms with Gasteiger partial charge in [0.1, 0.15) is 6.20 Å². The molecule has 1 heterocycles. The summed E-state index contributed by atoms with van der Waals surface area (Å²) < 4.78 is 0. The number of aliphatic hydroxyl groups excluding tert-OH is 1. The molecule has 0 saturated carbocycles. The number of nitrogens with one attached hydrogen (secondary N) is 1. The van der Waals surface area contributed by atoms with E-state index in [-0.39, 0.29) is 5.76 Å². The minimum Gasteiger partial charge on any atom is -0.513 e. The Bertz CT molecular complexity index is 483. The molecule has 1 aliphatic carbocycles. The number of imidazole rings is 1. The molecular weight excluding hydrogens is 254 g/mol. The van der Waals surface area contributed by atoms with Crippen molar-refractivity contribution in [2.24, 2.45) is 0 Å². The SMILES string of the molecule is C=C(C)O.O[NH2+]c1cnc[nH]1.c1ccc2c(c1)CCC2. The van der Waals surface area contributed by atoms with E-state index in [2.05, 4.69) is 40.8 Å². The summed E-state index contributed by atoms with van der Waals surface area (Å²) in [5.41, 5.74) is 4.10. The summed E-state index contributed by atoms with van der Waals surface area (Å²) >= 11 is 0. The highest BCUT2D eigenvalue weighted by molar-refractivity contribution is 5.30. The van der Waals surface area contributed by atoms with Crippen LogP contribution in [0.25, 0.3) is 0 Å². The Balaban J connectivity index is 0.000000164. The highest BCUT2D eigenvalue weighted by Gasteiger charge is 2.07. The second-order valence-electron chi connectivity index (χ2n) is 4.49. The number of aromatic amines is 1. The lowest BCUT2D eigenvalue weighted by Crippen LogP contribution is -2.74. The van der Waals surface area contributed by atoms with Gasteiger partial charge in [0.2, 0.25) is 0 Å². The van der Waals surface area contributed by atoms with E-state index in [0.717, 1.165) is 5.48 Å². The first-order valence-electron chi connectivity index (χ1n) is 6.50. The zero-order valence-electron chi connectivity index (χ0n) is 11.7. The second kappa shape index (κ2) is 8.90. The third-order valence-electron chi connectivity index (χ3n) is 2.67. The zero-order valence-corrected chi connectivity index (χ0v) is 11.7. The number of benzene rings is 1. The van der Waals surface area contributed by atoms with Crippen LogP contribution >= 0.6 is 0 Å². The molecule has 108 valence electrons. The van der Waals surface area contributed by atoms with Crippen molar-refractivity contribution in [3.63, 3.8) is 0 Å². The van der Waals surface area contributed by atoms with E-state index >= 15 is 0 Å². The Morgan fingerprint density at radius 1 is 1.30 bits per heavy atom. The van der Waals surface area contributed by atoms with Gasteiger partial charge < -0.3 is 5.11 Å². The smallest absolute Gasteiger partial charge is 0.254 e. The fraction of sp³-hybridized carbons (Fsp3) is 0.267. The van der Waals surface area contributed by atoms with Crippen LogP contribution < -0.4 is 5.48 Å². The molecule has 0 saturated heterocycles. The van der Waals surface area contributed by atoms with E-state index in [1.165, 1.54) is 38.7 Å². The van der Waals surface area contributed by atoms with Gasteiger partial charge in [-0.15, -0.1) is 0 Å². The standard InChI is InChI=1S/C9H10.C3H5N3O.C3H6O/c1-2-5-9-7-3-6-8(9)4-1;7-6-3-1-4-2-5-3;1-3(2)4/h1-2,4-5H,3,6-7H2;1-2,6-7H,(H,4,5);4H,1H2,2H3/p+1. The monoisotopic (exact) mass is 276 g/mol. The van der Waals surface area contributed by atoms with E-state index in [1.807, 2.05) is 0 Å². The topological polar surface area (TPSA) is 85.8 Å². The number of aliphatic hydroxyl groups is 1. The van der Waals surface area contributed by atoms with Gasteiger partial charge in [-0.25, -0.2) is 10.2 Å². The van der Waals surface area contributed by atoms with Crippen LogP contribution in [0, 0.1) is 0 Å². The summed E-state index contributed by atoms with van der Waals surface area (Å²) in [4.78, 5) is 6.32. The van der Waals surface area contributed by atoms with E-state index in [0.29, 0.717) is 5.82 Å². The van der Waals surface area contributed by atoms with Crippen molar-refractivity contribution >= 4 is 5.82 Å². The van der Waals surface area contributed by atoms with Crippen molar-refractivity contribution in [1.29, 1.82) is 0 Å². The van der Waals surface area contributed by atoms with Crippen molar-refractivity contribution in [2.45, 2.75) is 26.2 Å². The van der Waals surface area contributed by atoms with E-state index in [1.54, 1.807) is 11.1 Å². The third-order valence-corrected chi connectivity index (χ3v) is 2.67. The van der Waals surface area contributed by atoms with Crippen molar-refractivity contribution in [1.82, 2.24) is 9.97 Å². The minimum atomic E-state index is 0.167. The molecule has 0 bridgehead atoms. The van der Waals surface area contributed by atoms with Crippen LogP contribution in [-0.2, 0) is 12.8 Å². The average molecular weight is 276 g/mol. The minimum absolute atomic E-state index is 0.167. The van der Waals surface area contributed by atoms with E-state index in [4.69, 9.17) is 10.3 Å². The molecule has 5 heteroatoms. The van der Waals surface area contributed by atoms with E-state index in [9.17, 15) is 0 Å². The Labute approximate surface area is 119 Å². The molecule has 2 aromatic rings. The normalized spacial score (nSPS) is 11.5. The molecule has 1 aromatic carbocycles. The molecule has 0 fully saturated rings. The Morgan fingerprint density at radius 2 is 1.85 bits per heavy atom. The van der Waals surface area contributed by atoms with Gasteiger partial charge in [0.25, 0.3) is 5.82 Å². The maximum Gasteiger partial charge on any atom is 0.254 e. The van der Waals surface area contributed by atoms with Gasteiger partial charge in [0.15, 0.2) is 0 Å². The van der Waals surface area contributed by atoms with E-state index < -0.39 is 0 Å². The van der Waals surface area contributed by atoms with Gasteiger partial charge in [-0.3, -0.25) is 4.98 Å². The molecule has 3 rings (SSSR count). The predicted octanol–water partition coefficient (Wildman–Crippen LogP) is 2.25. The van der Waals surface area contributed by atoms with Gasteiger partial charge in [0, 0.05) is 0 Å². The number of H-pyrrole nitrogens is 1. The lowest BCUT2D eigenvalue weighted by molar-refractivity contribution is -0.828. The molecule has 0 aliphatic heterocycles. The lowest BCUT2D eigenvalue weighted by Gasteiger charge is -1.93. The number of hydrogen-bond acceptors (Lipinski definition) is 3. The van der Waals surface area contributed by atoms with Crippen LogP contribution in [0.1, 0.15) is 24.5 Å². The summed E-state index contributed by atoms with van der Waals surface area (Å²) in [5.74, 6) is 0.792. The number of fused-ring (bicyclic) bond motifs is 1. The van der Waals surface area contributed by atoms with Crippen molar-refractivity contribution < 1.29 is 15.8 Å². The van der Waals surface area contributed by atoms with Crippen LogP contribution in [0.15, 0.2) is 49.1 Å². The Kier molecular flexibility index (Phi) is 7.10. The number of rotatable bonds is 1. The maximum absolute atomic E-state index is 8.23. The van der Waals surface area contributed by atoms with Gasteiger partial charge in [-0.05, 0) is 37.3 Å². The average Bonchev–Trinajstić information content (AvgIpc) is 3.10. The first-order chi connectivity index (χ1) is 9.63. The molecule has 0 unspecified atom stereocenters. The maximum atomic E-state index is 8.23. The largest absolute Gasteiger partial charge is 0.513 e. The number of nitrogens with two attached hydrogens (primary N) is 1. The summed E-state index contributed by atoms with van der Waals surface area (Å²) in [7, 11) is 0. The molecule has 5 N–H and O–H groups in total. The highest BCUT2D eigenvalue weighted by atomic mass is 16.5. The van der Waals surface area contributed by atoms with Crippen molar-refractivity contribution in [2.75, 3.05) is 0 Å². The molecule has 0 amide bonds. The summed E-state index contributed by atoms with van der Waals surface area (Å²) in [6.07, 6.45) is 6.99. The number of quaternary nitrogens is 1. The van der Waals surface area contributed by atoms with Crippen LogP contribution in [0.2, 0.25) is 0 Å². The molecule has 1 aromatic heterocycles. The fourth-order valence-corrected chi connectivity index (χ4v) is 1.85. The number of allylic oxidation sites excluding steroid dienone is 1. The fourth-order valence-electron chi connectivity index (χ4n) is 1.85. The summed E-state index contributed by atoms with van der Waals surface area (Å²) in [6.45, 7) is 4.64. The van der Waals surface area contributed by atoms with Crippen LogP contribution in [0.5, 0.6) is 0 Å². The summed E-state index contributed by atoms with van der Waals surface area (Å²) in [6, 6.07) is 8.74. The Hall–Kier alpha value is -2.11. The van der Waals surface area contributed by atoms with Crippen molar-refractivity contribution in [3.05, 3.63) is 60.3 Å². The predicted molar refractivity (Wildman–Crippen MR) is 77.9 cm³/mol. The second-order valence-corrected chi connectivity index (χ2v) is 4.49. The van der Waals surface area contributed by atoms with Crippen LogP contribution in [0.3, 0.4) is 0 Å². The zero-order chi connectivity index (χ0) is 14.8. The van der Waals surface area contributed by atoms with Crippen LogP contribution in [-0.4, -0.2) is 20.3 Å². The molecular formula is C15H22N3O2+. The Morgan fingerprint density at radius 3 is 2.20 bits per heavy atom. The van der Waals surface area contributed by atoms with Crippen molar-refractivity contribution in [3.8, 4) is 0 Å². The third kappa shape index (κ3) is 6.17. The number of aryl methyl sites for hydroxylation is 2. The molecule has 1 aliphatic rings. The molecule has 5 nitrogen and oxygen atoms in total. The number of hydrogen-bond donors (Lipinski definition) is 4. The van der Waals surface area contributed by atoms with Gasteiger partial charge >= 0.3 is 0 Å². The highest BCUT2D eigenvalue weighted by Crippen LogP contribution is 2.20.